The summed E-state index contributed by atoms with van der Waals surface area (Å²) in [6.45, 7) is 10.7. The van der Waals surface area contributed by atoms with Gasteiger partial charge in [0.25, 0.3) is 0 Å². The van der Waals surface area contributed by atoms with Crippen molar-refractivity contribution in [3.05, 3.63) is 11.6 Å². The fraction of sp³-hybridized carbons (Fsp3) is 0.875. The summed E-state index contributed by atoms with van der Waals surface area (Å²) >= 11 is 0. The van der Waals surface area contributed by atoms with Crippen molar-refractivity contribution in [2.24, 2.45) is 10.8 Å². The largest absolute Gasteiger partial charge is 0.352 e. The van der Waals surface area contributed by atoms with Gasteiger partial charge in [-0.15, -0.1) is 0 Å². The monoisotopic (exact) mass is 253 g/mol. The minimum Gasteiger partial charge on any atom is -0.352 e. The second kappa shape index (κ2) is 5.34. The molecule has 0 N–H and O–H groups in total. The Morgan fingerprint density at radius 3 is 2.11 bits per heavy atom. The predicted octanol–water partition coefficient (Wildman–Crippen LogP) is 4.30. The van der Waals surface area contributed by atoms with Crippen LogP contribution in [0.4, 0.5) is 0 Å². The van der Waals surface area contributed by atoms with Crippen LogP contribution in [0.2, 0.25) is 0 Å². The highest BCUT2D eigenvalue weighted by atomic mass is 16.8. The summed E-state index contributed by atoms with van der Waals surface area (Å²) in [6, 6.07) is 0. The van der Waals surface area contributed by atoms with E-state index in [1.807, 2.05) is 0 Å². The second-order valence-corrected chi connectivity index (χ2v) is 7.48. The lowest BCUT2D eigenvalue weighted by Crippen LogP contribution is -2.37. The maximum atomic E-state index is 5.76. The number of ether oxygens (including phenoxy) is 2. The van der Waals surface area contributed by atoms with Gasteiger partial charge in [-0.05, 0) is 31.1 Å². The Morgan fingerprint density at radius 1 is 1.00 bits per heavy atom. The fourth-order valence-corrected chi connectivity index (χ4v) is 2.58. The Balaban J connectivity index is 1.75. The maximum Gasteiger partial charge on any atom is 0.161 e. The van der Waals surface area contributed by atoms with Crippen molar-refractivity contribution < 1.29 is 9.47 Å². The molecule has 1 saturated heterocycles. The molecular weight excluding hydrogens is 225 g/mol. The molecule has 18 heavy (non-hydrogen) atoms. The zero-order valence-corrected chi connectivity index (χ0v) is 12.4. The van der Waals surface area contributed by atoms with Crippen LogP contribution in [-0.2, 0) is 9.47 Å². The highest BCUT2D eigenvalue weighted by Gasteiger charge is 2.28. The molecule has 0 atom stereocenters. The number of hydrogen-bond donors (Lipinski definition) is 0. The molecule has 2 nitrogen and oxygen atoms in total. The van der Waals surface area contributed by atoms with Crippen molar-refractivity contribution in [3.63, 3.8) is 0 Å². The molecule has 1 aliphatic heterocycles. The summed E-state index contributed by atoms with van der Waals surface area (Å²) in [6.07, 6.45) is 8.41. The Labute approximate surface area is 112 Å². The van der Waals surface area contributed by atoms with Crippen molar-refractivity contribution in [1.29, 1.82) is 0 Å². The molecule has 0 unspecified atom stereocenters. The SMILES string of the molecule is CC1(C)CCC(=CC[13CH]2OCC(C)(C)CO2)CC1. The van der Waals surface area contributed by atoms with Gasteiger partial charge in [0, 0.05) is 11.8 Å². The molecule has 0 spiro atoms. The van der Waals surface area contributed by atoms with Gasteiger partial charge in [-0.1, -0.05) is 39.3 Å². The summed E-state index contributed by atoms with van der Waals surface area (Å²) in [5.74, 6) is 0. The topological polar surface area (TPSA) is 18.5 Å². The summed E-state index contributed by atoms with van der Waals surface area (Å²) in [4.78, 5) is 0. The zero-order chi connectivity index (χ0) is 13.2. The third-order valence-electron chi connectivity index (χ3n) is 4.16. The van der Waals surface area contributed by atoms with Crippen LogP contribution in [0.15, 0.2) is 11.6 Å². The molecule has 0 aromatic heterocycles. The highest BCUT2D eigenvalue weighted by Crippen LogP contribution is 2.38. The van der Waals surface area contributed by atoms with Crippen LogP contribution in [-0.4, -0.2) is 19.5 Å². The quantitative estimate of drug-likeness (QED) is 0.539. The van der Waals surface area contributed by atoms with Crippen molar-refractivity contribution >= 4 is 0 Å². The summed E-state index contributed by atoms with van der Waals surface area (Å²) in [7, 11) is 0. The van der Waals surface area contributed by atoms with Gasteiger partial charge in [-0.2, -0.15) is 0 Å². The van der Waals surface area contributed by atoms with Crippen LogP contribution < -0.4 is 0 Å². The van der Waals surface area contributed by atoms with Crippen LogP contribution in [0.25, 0.3) is 0 Å². The van der Waals surface area contributed by atoms with Gasteiger partial charge >= 0.3 is 0 Å². The molecule has 1 saturated carbocycles. The average molecular weight is 253 g/mol. The van der Waals surface area contributed by atoms with Crippen LogP contribution in [0.1, 0.15) is 59.8 Å². The smallest absolute Gasteiger partial charge is 0.161 e. The Kier molecular flexibility index (Phi) is 4.18. The van der Waals surface area contributed by atoms with Crippen molar-refractivity contribution in [2.75, 3.05) is 13.2 Å². The fourth-order valence-electron chi connectivity index (χ4n) is 2.58. The normalized spacial score (nSPS) is 28.1. The molecule has 1 aliphatic carbocycles. The van der Waals surface area contributed by atoms with E-state index in [-0.39, 0.29) is 11.7 Å². The van der Waals surface area contributed by atoms with E-state index < -0.39 is 0 Å². The molecular formula is C16H28O2. The second-order valence-electron chi connectivity index (χ2n) is 7.48. The highest BCUT2D eigenvalue weighted by molar-refractivity contribution is 5.07. The van der Waals surface area contributed by atoms with E-state index in [4.69, 9.17) is 9.47 Å². The van der Waals surface area contributed by atoms with Gasteiger partial charge in [-0.25, -0.2) is 0 Å². The Bertz CT molecular complexity index is 293. The lowest BCUT2D eigenvalue weighted by molar-refractivity contribution is -0.219. The maximum absolute atomic E-state index is 5.76. The first-order valence-corrected chi connectivity index (χ1v) is 7.28. The van der Waals surface area contributed by atoms with Crippen LogP contribution in [0, 0.1) is 10.8 Å². The minimum atomic E-state index is -0.0135. The number of rotatable bonds is 2. The first kappa shape index (κ1) is 14.1. The first-order chi connectivity index (χ1) is 8.36. The Morgan fingerprint density at radius 2 is 1.56 bits per heavy atom. The molecule has 2 fully saturated rings. The van der Waals surface area contributed by atoms with Crippen molar-refractivity contribution in [1.82, 2.24) is 0 Å². The van der Waals surface area contributed by atoms with E-state index in [1.54, 1.807) is 5.57 Å². The van der Waals surface area contributed by atoms with Gasteiger partial charge in [0.2, 0.25) is 0 Å². The van der Waals surface area contributed by atoms with Gasteiger partial charge in [0.15, 0.2) is 6.29 Å². The lowest BCUT2D eigenvalue weighted by atomic mass is 9.75. The van der Waals surface area contributed by atoms with Crippen molar-refractivity contribution in [3.8, 4) is 0 Å². The lowest BCUT2D eigenvalue weighted by Gasteiger charge is -2.34. The van der Waals surface area contributed by atoms with Gasteiger partial charge in [-0.3, -0.25) is 0 Å². The van der Waals surface area contributed by atoms with Crippen LogP contribution >= 0.6 is 0 Å². The van der Waals surface area contributed by atoms with E-state index in [2.05, 4.69) is 33.8 Å². The third-order valence-corrected chi connectivity index (χ3v) is 4.16. The third kappa shape index (κ3) is 4.10. The van der Waals surface area contributed by atoms with Crippen LogP contribution in [0.3, 0.4) is 0 Å². The molecule has 0 aromatic rings. The van der Waals surface area contributed by atoms with E-state index in [0.29, 0.717) is 5.41 Å². The van der Waals surface area contributed by atoms with Gasteiger partial charge < -0.3 is 9.47 Å². The molecule has 0 radical (unpaired) electrons. The number of allylic oxidation sites excluding steroid dienone is 1. The number of hydrogen-bond acceptors (Lipinski definition) is 2. The van der Waals surface area contributed by atoms with E-state index in [0.717, 1.165) is 19.6 Å². The molecule has 0 amide bonds. The van der Waals surface area contributed by atoms with Crippen LogP contribution in [0.5, 0.6) is 0 Å². The Hall–Kier alpha value is -0.340. The molecule has 104 valence electrons. The summed E-state index contributed by atoms with van der Waals surface area (Å²) in [5, 5.41) is 0. The minimum absolute atomic E-state index is 0.0135. The standard InChI is InChI=1S/C16H28O2/c1-15(2)9-7-13(8-10-15)5-6-14-17-11-16(3,4)12-18-14/h5,14H,6-12H2,1-4H3/i14+1. The molecule has 1 heterocycles. The van der Waals surface area contributed by atoms with Gasteiger partial charge in [0.05, 0.1) is 13.2 Å². The predicted molar refractivity (Wildman–Crippen MR) is 74.4 cm³/mol. The van der Waals surface area contributed by atoms with E-state index >= 15 is 0 Å². The summed E-state index contributed by atoms with van der Waals surface area (Å²) in [5.41, 5.74) is 2.32. The average Bonchev–Trinajstić information content (AvgIpc) is 2.29. The summed E-state index contributed by atoms with van der Waals surface area (Å²) < 4.78 is 11.5. The molecule has 0 aromatic carbocycles. The zero-order valence-electron chi connectivity index (χ0n) is 12.4. The van der Waals surface area contributed by atoms with Crippen molar-refractivity contribution in [2.45, 2.75) is 66.1 Å². The first-order valence-electron chi connectivity index (χ1n) is 7.28. The van der Waals surface area contributed by atoms with E-state index in [1.165, 1.54) is 25.7 Å². The van der Waals surface area contributed by atoms with Gasteiger partial charge in [0.1, 0.15) is 0 Å². The molecule has 2 rings (SSSR count). The molecule has 0 bridgehead atoms. The molecule has 2 aliphatic rings. The molecule has 2 heteroatoms. The van der Waals surface area contributed by atoms with E-state index in [9.17, 15) is 0 Å².